The topological polar surface area (TPSA) is 32.5 Å². The first-order chi connectivity index (χ1) is 13.9. The molecule has 2 aromatic rings. The number of nitrogens with zero attached hydrogens (tertiary/aromatic N) is 1. The van der Waals surface area contributed by atoms with Crippen LogP contribution in [0.5, 0.6) is 11.5 Å². The first kappa shape index (κ1) is 20.9. The lowest BCUT2D eigenvalue weighted by molar-refractivity contribution is -0.401. The minimum Gasteiger partial charge on any atom is -1.00 e. The van der Waals surface area contributed by atoms with E-state index in [0.29, 0.717) is 0 Å². The van der Waals surface area contributed by atoms with Crippen molar-refractivity contribution in [1.82, 2.24) is 0 Å². The molecule has 0 atom stereocenters. The zero-order valence-electron chi connectivity index (χ0n) is 17.6. The summed E-state index contributed by atoms with van der Waals surface area (Å²) in [5, 5.41) is 9.83. The number of halogens is 1. The normalized spacial score (nSPS) is 19.0. The maximum Gasteiger partial charge on any atom is 0.209 e. The second-order valence-electron chi connectivity index (χ2n) is 8.62. The Balaban J connectivity index is 0.00000218. The Labute approximate surface area is 195 Å². The molecule has 2 heterocycles. The summed E-state index contributed by atoms with van der Waals surface area (Å²) in [6.45, 7) is 4.57. The smallest absolute Gasteiger partial charge is 0.209 e. The Bertz CT molecular complexity index is 1150. The number of benzene rings is 2. The number of fused-ring (bicyclic) bond motifs is 3. The predicted molar refractivity (Wildman–Crippen MR) is 117 cm³/mol. The van der Waals surface area contributed by atoms with Gasteiger partial charge in [0, 0.05) is 29.3 Å². The summed E-state index contributed by atoms with van der Waals surface area (Å²) in [6.07, 6.45) is 9.85. The molecular weight excluding hydrogens is 485 g/mol. The van der Waals surface area contributed by atoms with Crippen molar-refractivity contribution in [3.63, 3.8) is 0 Å². The molecule has 1 aliphatic carbocycles. The lowest BCUT2D eigenvalue weighted by Gasteiger charge is -2.26. The van der Waals surface area contributed by atoms with Gasteiger partial charge in [0.2, 0.25) is 5.69 Å². The highest BCUT2D eigenvalue weighted by molar-refractivity contribution is 6.03. The van der Waals surface area contributed by atoms with Crippen LogP contribution >= 0.6 is 0 Å². The van der Waals surface area contributed by atoms with Gasteiger partial charge in [-0.1, -0.05) is 18.2 Å². The number of ether oxygens (including phenoxy) is 1. The second-order valence-corrected chi connectivity index (χ2v) is 8.62. The molecule has 30 heavy (non-hydrogen) atoms. The van der Waals surface area contributed by atoms with E-state index in [1.807, 2.05) is 6.07 Å². The molecule has 0 saturated carbocycles. The Morgan fingerprint density at radius 3 is 2.67 bits per heavy atom. The Morgan fingerprint density at radius 2 is 1.87 bits per heavy atom. The number of hydrogen-bond donors (Lipinski definition) is 1. The van der Waals surface area contributed by atoms with Gasteiger partial charge in [0.25, 0.3) is 0 Å². The maximum atomic E-state index is 9.83. The van der Waals surface area contributed by atoms with E-state index in [4.69, 9.17) is 4.74 Å². The first-order valence-corrected chi connectivity index (χ1v) is 10.3. The van der Waals surface area contributed by atoms with E-state index in [2.05, 4.69) is 68.0 Å². The van der Waals surface area contributed by atoms with Crippen molar-refractivity contribution in [2.24, 2.45) is 0 Å². The fourth-order valence-corrected chi connectivity index (χ4v) is 4.84. The van der Waals surface area contributed by atoms with E-state index >= 15 is 0 Å². The van der Waals surface area contributed by atoms with Gasteiger partial charge in [0.05, 0.1) is 5.41 Å². The van der Waals surface area contributed by atoms with Crippen LogP contribution in [0, 0.1) is 0 Å². The summed E-state index contributed by atoms with van der Waals surface area (Å²) in [5.41, 5.74) is 7.40. The van der Waals surface area contributed by atoms with E-state index in [1.165, 1.54) is 28.1 Å². The minimum absolute atomic E-state index is 0. The molecular formula is C26H26INO2. The van der Waals surface area contributed by atoms with Gasteiger partial charge in [-0.25, -0.2) is 0 Å². The average Bonchev–Trinajstić information content (AvgIpc) is 2.91. The summed E-state index contributed by atoms with van der Waals surface area (Å²) < 4.78 is 8.56. The summed E-state index contributed by atoms with van der Waals surface area (Å²) in [4.78, 5) is 0. The van der Waals surface area contributed by atoms with Crippen molar-refractivity contribution in [3.05, 3.63) is 82.6 Å². The van der Waals surface area contributed by atoms with Crippen molar-refractivity contribution in [2.75, 3.05) is 7.05 Å². The second kappa shape index (κ2) is 7.73. The molecule has 0 radical (unpaired) electrons. The van der Waals surface area contributed by atoms with Crippen LogP contribution in [0.4, 0.5) is 5.69 Å². The number of aromatic hydroxyl groups is 1. The van der Waals surface area contributed by atoms with Crippen LogP contribution in [0.25, 0.3) is 6.08 Å². The van der Waals surface area contributed by atoms with Gasteiger partial charge in [0.15, 0.2) is 5.71 Å². The molecule has 0 spiro atoms. The molecule has 3 nitrogen and oxygen atoms in total. The van der Waals surface area contributed by atoms with Gasteiger partial charge >= 0.3 is 0 Å². The number of phenolic OH excluding ortho intramolecular Hbond substituents is 1. The molecule has 2 aliphatic heterocycles. The Hall–Kier alpha value is -2.34. The highest BCUT2D eigenvalue weighted by Crippen LogP contribution is 2.42. The number of para-hydroxylation sites is 1. The predicted octanol–water partition coefficient (Wildman–Crippen LogP) is 2.87. The third kappa shape index (κ3) is 3.31. The summed E-state index contributed by atoms with van der Waals surface area (Å²) in [7, 11) is 2.15. The molecule has 0 aromatic heterocycles. The molecule has 2 aromatic carbocycles. The molecule has 4 heteroatoms. The van der Waals surface area contributed by atoms with Gasteiger partial charge < -0.3 is 33.8 Å². The van der Waals surface area contributed by atoms with Crippen molar-refractivity contribution < 1.29 is 38.4 Å². The van der Waals surface area contributed by atoms with Crippen molar-refractivity contribution in [1.29, 1.82) is 0 Å². The third-order valence-electron chi connectivity index (χ3n) is 6.40. The van der Waals surface area contributed by atoms with Crippen LogP contribution in [0.2, 0.25) is 0 Å². The third-order valence-corrected chi connectivity index (χ3v) is 6.40. The highest BCUT2D eigenvalue weighted by Gasteiger charge is 2.42. The number of allylic oxidation sites excluding steroid dienone is 4. The van der Waals surface area contributed by atoms with Crippen molar-refractivity contribution in [2.45, 2.75) is 38.5 Å². The van der Waals surface area contributed by atoms with E-state index in [9.17, 15) is 5.11 Å². The van der Waals surface area contributed by atoms with E-state index in [0.717, 1.165) is 36.3 Å². The Kier molecular flexibility index (Phi) is 5.39. The van der Waals surface area contributed by atoms with Crippen LogP contribution in [0.15, 0.2) is 71.5 Å². The van der Waals surface area contributed by atoms with Gasteiger partial charge in [-0.3, -0.25) is 0 Å². The first-order valence-electron chi connectivity index (χ1n) is 10.3. The van der Waals surface area contributed by atoms with Gasteiger partial charge in [-0.05, 0) is 68.5 Å². The lowest BCUT2D eigenvalue weighted by atomic mass is 9.81. The molecule has 0 saturated heterocycles. The van der Waals surface area contributed by atoms with Crippen LogP contribution in [-0.2, 0) is 5.41 Å². The summed E-state index contributed by atoms with van der Waals surface area (Å²) in [5.74, 6) is 1.92. The number of hydrogen-bond acceptors (Lipinski definition) is 2. The minimum atomic E-state index is -0.0355. The molecule has 0 amide bonds. The standard InChI is InChI=1S/C26H25NO2.HI/c1-26(2)21-9-4-5-10-22(21)27(3)24(26)14-12-17-7-6-8-19-15-18-11-13-20(28)16-23(18)29-25(17)19;/h4-5,9-16H,6-8H2,1-3H3;1H. The van der Waals surface area contributed by atoms with Crippen molar-refractivity contribution >= 4 is 17.5 Å². The molecule has 1 N–H and O–H groups in total. The molecule has 3 aliphatic rings. The van der Waals surface area contributed by atoms with Gasteiger partial charge in [0.1, 0.15) is 24.3 Å². The summed E-state index contributed by atoms with van der Waals surface area (Å²) in [6, 6.07) is 14.0. The van der Waals surface area contributed by atoms with Crippen LogP contribution < -0.4 is 28.7 Å². The Morgan fingerprint density at radius 1 is 1.07 bits per heavy atom. The van der Waals surface area contributed by atoms with E-state index in [1.54, 1.807) is 12.1 Å². The lowest BCUT2D eigenvalue weighted by Crippen LogP contribution is -3.00. The SMILES string of the molecule is C[N+]1=C(/C=C/C2=C3Oc4cc(O)ccc4C=C3CCC2)C(C)(C)c2ccccc21.[I-]. The molecule has 0 fully saturated rings. The average molecular weight is 511 g/mol. The maximum absolute atomic E-state index is 9.83. The van der Waals surface area contributed by atoms with E-state index < -0.39 is 0 Å². The molecule has 0 unspecified atom stereocenters. The van der Waals surface area contributed by atoms with Gasteiger partial charge in [-0.2, -0.15) is 4.58 Å². The van der Waals surface area contributed by atoms with Crippen molar-refractivity contribution in [3.8, 4) is 11.5 Å². The summed E-state index contributed by atoms with van der Waals surface area (Å²) >= 11 is 0. The zero-order chi connectivity index (χ0) is 20.2. The molecule has 0 bridgehead atoms. The van der Waals surface area contributed by atoms with Gasteiger partial charge in [-0.15, -0.1) is 0 Å². The van der Waals surface area contributed by atoms with Crippen LogP contribution in [-0.4, -0.2) is 22.4 Å². The fraction of sp³-hybridized carbons (Fsp3) is 0.269. The quantitative estimate of drug-likeness (QED) is 0.497. The zero-order valence-corrected chi connectivity index (χ0v) is 19.7. The highest BCUT2D eigenvalue weighted by atomic mass is 127. The van der Waals surface area contributed by atoms with E-state index in [-0.39, 0.29) is 35.1 Å². The van der Waals surface area contributed by atoms with Crippen LogP contribution in [0.3, 0.4) is 0 Å². The monoisotopic (exact) mass is 511 g/mol. The number of rotatable bonds is 2. The van der Waals surface area contributed by atoms with Crippen LogP contribution in [0.1, 0.15) is 44.2 Å². The number of phenols is 1. The fourth-order valence-electron chi connectivity index (χ4n) is 4.84. The molecule has 5 rings (SSSR count). The largest absolute Gasteiger partial charge is 1.00 e. The molecule has 154 valence electrons.